The van der Waals surface area contributed by atoms with Crippen LogP contribution < -0.4 is 0 Å². The first-order chi connectivity index (χ1) is 10.6. The second kappa shape index (κ2) is 5.81. The number of carbonyl (C=O) groups is 2. The van der Waals surface area contributed by atoms with Gasteiger partial charge in [0.05, 0.1) is 0 Å². The van der Waals surface area contributed by atoms with Gasteiger partial charge in [0.1, 0.15) is 6.04 Å². The molecule has 0 radical (unpaired) electrons. The van der Waals surface area contributed by atoms with Crippen molar-refractivity contribution in [2.45, 2.75) is 13.0 Å². The van der Waals surface area contributed by atoms with Crippen molar-refractivity contribution < 1.29 is 14.7 Å². The van der Waals surface area contributed by atoms with Crippen molar-refractivity contribution in [2.24, 2.45) is 0 Å². The molecular formula is C16H19N3O3. The van der Waals surface area contributed by atoms with Crippen molar-refractivity contribution in [1.82, 2.24) is 14.8 Å². The lowest BCUT2D eigenvalue weighted by Crippen LogP contribution is -2.50. The maximum absolute atomic E-state index is 11.8. The molecule has 1 aromatic heterocycles. The molecule has 6 nitrogen and oxygen atoms in total. The van der Waals surface area contributed by atoms with Gasteiger partial charge in [0, 0.05) is 55.8 Å². The highest BCUT2D eigenvalue weighted by Gasteiger charge is 2.32. The lowest BCUT2D eigenvalue weighted by molar-refractivity contribution is -0.144. The Bertz CT molecular complexity index is 701. The Hall–Kier alpha value is -2.34. The van der Waals surface area contributed by atoms with E-state index in [2.05, 4.69) is 4.98 Å². The van der Waals surface area contributed by atoms with E-state index in [9.17, 15) is 14.7 Å². The van der Waals surface area contributed by atoms with Crippen molar-refractivity contribution in [3.8, 4) is 0 Å². The van der Waals surface area contributed by atoms with Gasteiger partial charge in [0.15, 0.2) is 0 Å². The summed E-state index contributed by atoms with van der Waals surface area (Å²) in [6, 6.07) is 7.01. The van der Waals surface area contributed by atoms with Gasteiger partial charge in [0.2, 0.25) is 5.91 Å². The molecule has 2 heterocycles. The highest BCUT2D eigenvalue weighted by atomic mass is 16.4. The van der Waals surface area contributed by atoms with Crippen LogP contribution in [0.2, 0.25) is 0 Å². The number of nitrogens with zero attached hydrogens (tertiary/aromatic N) is 2. The van der Waals surface area contributed by atoms with Crippen LogP contribution in [0.15, 0.2) is 30.5 Å². The molecule has 6 heteroatoms. The minimum Gasteiger partial charge on any atom is -0.480 e. The average molecular weight is 301 g/mol. The van der Waals surface area contributed by atoms with E-state index in [0.717, 1.165) is 16.5 Å². The summed E-state index contributed by atoms with van der Waals surface area (Å²) in [6.07, 6.45) is 1.78. The molecule has 116 valence electrons. The number of benzene rings is 1. The van der Waals surface area contributed by atoms with E-state index in [4.69, 9.17) is 0 Å². The lowest BCUT2D eigenvalue weighted by Gasteiger charge is -2.37. The number of carboxylic acid groups (broad SMARTS) is 1. The van der Waals surface area contributed by atoms with Gasteiger partial charge in [-0.2, -0.15) is 0 Å². The van der Waals surface area contributed by atoms with Crippen molar-refractivity contribution in [1.29, 1.82) is 0 Å². The topological polar surface area (TPSA) is 76.6 Å². The van der Waals surface area contributed by atoms with Gasteiger partial charge in [-0.25, -0.2) is 0 Å². The zero-order valence-corrected chi connectivity index (χ0v) is 12.5. The summed E-state index contributed by atoms with van der Waals surface area (Å²) in [4.78, 5) is 30.0. The number of fused-ring (bicyclic) bond motifs is 1. The number of amides is 1. The number of para-hydroxylation sites is 1. The molecule has 1 aromatic carbocycles. The van der Waals surface area contributed by atoms with Gasteiger partial charge in [-0.15, -0.1) is 0 Å². The van der Waals surface area contributed by atoms with Gasteiger partial charge in [-0.1, -0.05) is 18.2 Å². The molecule has 1 amide bonds. The molecule has 1 fully saturated rings. The summed E-state index contributed by atoms with van der Waals surface area (Å²) >= 11 is 0. The van der Waals surface area contributed by atoms with Crippen LogP contribution in [0.4, 0.5) is 0 Å². The fraction of sp³-hybridized carbons (Fsp3) is 0.375. The largest absolute Gasteiger partial charge is 0.480 e. The monoisotopic (exact) mass is 301 g/mol. The van der Waals surface area contributed by atoms with Crippen LogP contribution in [-0.4, -0.2) is 57.9 Å². The quantitative estimate of drug-likeness (QED) is 0.900. The van der Waals surface area contributed by atoms with Crippen molar-refractivity contribution in [2.75, 3.05) is 26.2 Å². The molecule has 0 saturated carbocycles. The van der Waals surface area contributed by atoms with E-state index >= 15 is 0 Å². The Morgan fingerprint density at radius 3 is 2.50 bits per heavy atom. The molecule has 1 aliphatic rings. The second-order valence-electron chi connectivity index (χ2n) is 5.57. The summed E-state index contributed by atoms with van der Waals surface area (Å²) in [5.74, 6) is -0.820. The zero-order valence-electron chi connectivity index (χ0n) is 12.5. The number of carbonyl (C=O) groups excluding carboxylic acids is 1. The van der Waals surface area contributed by atoms with Crippen molar-refractivity contribution in [3.63, 3.8) is 0 Å². The second-order valence-corrected chi connectivity index (χ2v) is 5.57. The molecule has 1 saturated heterocycles. The number of piperazine rings is 1. The number of aromatic amines is 1. The summed E-state index contributed by atoms with van der Waals surface area (Å²) in [5.41, 5.74) is 1.71. The van der Waals surface area contributed by atoms with E-state index < -0.39 is 12.0 Å². The molecule has 3 rings (SSSR count). The Labute approximate surface area is 128 Å². The smallest absolute Gasteiger partial charge is 0.325 e. The molecule has 0 unspecified atom stereocenters. The minimum atomic E-state index is -0.860. The Balaban J connectivity index is 1.88. The van der Waals surface area contributed by atoms with Crippen LogP contribution in [0, 0.1) is 0 Å². The maximum atomic E-state index is 11.8. The first-order valence-corrected chi connectivity index (χ1v) is 7.36. The van der Waals surface area contributed by atoms with E-state index in [-0.39, 0.29) is 5.91 Å². The maximum Gasteiger partial charge on any atom is 0.325 e. The normalized spacial score (nSPS) is 17.6. The minimum absolute atomic E-state index is 0.0404. The van der Waals surface area contributed by atoms with Crippen LogP contribution in [0.5, 0.6) is 0 Å². The molecule has 2 N–H and O–H groups in total. The Kier molecular flexibility index (Phi) is 3.85. The molecule has 22 heavy (non-hydrogen) atoms. The predicted octanol–water partition coefficient (Wildman–Crippen LogP) is 1.46. The van der Waals surface area contributed by atoms with Gasteiger partial charge in [0.25, 0.3) is 0 Å². The fourth-order valence-electron chi connectivity index (χ4n) is 3.10. The standard InChI is InChI=1S/C16H19N3O3/c1-11(20)18-6-8-19(9-7-18)15(16(21)22)13-10-17-14-5-3-2-4-12(13)14/h2-5,10,15,17H,6-9H2,1H3,(H,21,22)/t15-/m1/s1. The van der Waals surface area contributed by atoms with Crippen molar-refractivity contribution >= 4 is 22.8 Å². The van der Waals surface area contributed by atoms with Gasteiger partial charge >= 0.3 is 5.97 Å². The lowest BCUT2D eigenvalue weighted by atomic mass is 10.0. The summed E-state index contributed by atoms with van der Waals surface area (Å²) in [6.45, 7) is 3.82. The number of hydrogen-bond donors (Lipinski definition) is 2. The first-order valence-electron chi connectivity index (χ1n) is 7.36. The zero-order chi connectivity index (χ0) is 15.7. The number of rotatable bonds is 3. The van der Waals surface area contributed by atoms with Crippen LogP contribution in [0.25, 0.3) is 10.9 Å². The number of H-pyrrole nitrogens is 1. The predicted molar refractivity (Wildman–Crippen MR) is 82.5 cm³/mol. The number of hydrogen-bond acceptors (Lipinski definition) is 3. The third kappa shape index (κ3) is 2.57. The van der Waals surface area contributed by atoms with Crippen LogP contribution in [0.3, 0.4) is 0 Å². The SMILES string of the molecule is CC(=O)N1CCN([C@@H](C(=O)O)c2c[nH]c3ccccc23)CC1. The van der Waals surface area contributed by atoms with Gasteiger partial charge in [-0.05, 0) is 6.07 Å². The highest BCUT2D eigenvalue weighted by Crippen LogP contribution is 2.29. The average Bonchev–Trinajstić information content (AvgIpc) is 2.92. The Morgan fingerprint density at radius 1 is 1.18 bits per heavy atom. The molecule has 0 spiro atoms. The third-order valence-electron chi connectivity index (χ3n) is 4.27. The summed E-state index contributed by atoms with van der Waals surface area (Å²) < 4.78 is 0. The van der Waals surface area contributed by atoms with Gasteiger partial charge < -0.3 is 15.0 Å². The van der Waals surface area contributed by atoms with Crippen LogP contribution >= 0.6 is 0 Å². The molecule has 0 aliphatic carbocycles. The third-order valence-corrected chi connectivity index (χ3v) is 4.27. The van der Waals surface area contributed by atoms with E-state index in [1.807, 2.05) is 29.2 Å². The van der Waals surface area contributed by atoms with Crippen LogP contribution in [0.1, 0.15) is 18.5 Å². The number of nitrogens with one attached hydrogen (secondary N) is 1. The molecular weight excluding hydrogens is 282 g/mol. The molecule has 1 aliphatic heterocycles. The Morgan fingerprint density at radius 2 is 1.86 bits per heavy atom. The van der Waals surface area contributed by atoms with Crippen LogP contribution in [-0.2, 0) is 9.59 Å². The molecule has 2 aromatic rings. The summed E-state index contributed by atoms with van der Waals surface area (Å²) in [5, 5.41) is 10.6. The number of carboxylic acids is 1. The fourth-order valence-corrected chi connectivity index (χ4v) is 3.10. The van der Waals surface area contributed by atoms with E-state index in [1.165, 1.54) is 0 Å². The highest BCUT2D eigenvalue weighted by molar-refractivity contribution is 5.89. The van der Waals surface area contributed by atoms with E-state index in [1.54, 1.807) is 18.0 Å². The number of aromatic nitrogens is 1. The van der Waals surface area contributed by atoms with Gasteiger partial charge in [-0.3, -0.25) is 14.5 Å². The van der Waals surface area contributed by atoms with E-state index in [0.29, 0.717) is 26.2 Å². The summed E-state index contributed by atoms with van der Waals surface area (Å²) in [7, 11) is 0. The first kappa shape index (κ1) is 14.6. The molecule has 1 atom stereocenters. The van der Waals surface area contributed by atoms with Crippen molar-refractivity contribution in [3.05, 3.63) is 36.0 Å². The molecule has 0 bridgehead atoms. The number of aliphatic carboxylic acids is 1.